The predicted octanol–water partition coefficient (Wildman–Crippen LogP) is 7.65. The highest BCUT2D eigenvalue weighted by molar-refractivity contribution is 6.60. The zero-order valence-electron chi connectivity index (χ0n) is 21.8. The Balaban J connectivity index is 4.02. The first kappa shape index (κ1) is 30.8. The molecule has 0 radical (unpaired) electrons. The molecule has 4 nitrogen and oxygen atoms in total. The van der Waals surface area contributed by atoms with E-state index in [2.05, 4.69) is 32.9 Å². The Kier molecular flexibility index (Phi) is 19.2. The van der Waals surface area contributed by atoms with Crippen LogP contribution in [0.4, 0.5) is 0 Å². The third kappa shape index (κ3) is 18.0. The summed E-state index contributed by atoms with van der Waals surface area (Å²) in [5.74, 6) is 0.667. The van der Waals surface area contributed by atoms with Gasteiger partial charge in [0.2, 0.25) is 0 Å². The lowest BCUT2D eigenvalue weighted by Gasteiger charge is -2.28. The van der Waals surface area contributed by atoms with Crippen molar-refractivity contribution in [1.29, 1.82) is 0 Å². The van der Waals surface area contributed by atoms with Crippen molar-refractivity contribution in [2.75, 3.05) is 21.3 Å². The summed E-state index contributed by atoms with van der Waals surface area (Å²) in [6, 6.07) is 0.876. The Labute approximate surface area is 196 Å². The van der Waals surface area contributed by atoms with Gasteiger partial charge in [0.15, 0.2) is 0 Å². The van der Waals surface area contributed by atoms with Gasteiger partial charge in [0.1, 0.15) is 0 Å². The van der Waals surface area contributed by atoms with Crippen LogP contribution in [0.1, 0.15) is 117 Å². The molecule has 0 saturated carbocycles. The molecule has 31 heavy (non-hydrogen) atoms. The van der Waals surface area contributed by atoms with E-state index in [-0.39, 0.29) is 5.54 Å². The standard InChI is InChI=1S/C26H55NO3Si/c1-7-8-9-10-11-12-13-14-15-16-17-18-19-21-25(24-26(2,3)27)22-20-23-31(28-4,29-5)30-6/h14-15,25H,7-13,16-24,27H2,1-6H3/b15-14-. The van der Waals surface area contributed by atoms with Crippen molar-refractivity contribution in [2.24, 2.45) is 11.7 Å². The van der Waals surface area contributed by atoms with Gasteiger partial charge in [0, 0.05) is 32.9 Å². The molecule has 0 heterocycles. The Morgan fingerprint density at radius 3 is 1.74 bits per heavy atom. The van der Waals surface area contributed by atoms with Gasteiger partial charge in [-0.1, -0.05) is 76.9 Å². The topological polar surface area (TPSA) is 53.7 Å². The Morgan fingerprint density at radius 2 is 1.23 bits per heavy atom. The molecule has 2 N–H and O–H groups in total. The van der Waals surface area contributed by atoms with Crippen LogP contribution in [0.15, 0.2) is 12.2 Å². The number of rotatable bonds is 22. The number of hydrogen-bond donors (Lipinski definition) is 1. The van der Waals surface area contributed by atoms with Crippen LogP contribution in [0.3, 0.4) is 0 Å². The van der Waals surface area contributed by atoms with E-state index in [9.17, 15) is 0 Å². The molecule has 0 fully saturated rings. The summed E-state index contributed by atoms with van der Waals surface area (Å²) in [7, 11) is 2.64. The van der Waals surface area contributed by atoms with E-state index in [1.807, 2.05) is 0 Å². The predicted molar refractivity (Wildman–Crippen MR) is 137 cm³/mol. The van der Waals surface area contributed by atoms with Gasteiger partial charge < -0.3 is 19.0 Å². The molecule has 0 saturated heterocycles. The van der Waals surface area contributed by atoms with Crippen molar-refractivity contribution in [3.8, 4) is 0 Å². The highest BCUT2D eigenvalue weighted by atomic mass is 28.4. The third-order valence-electron chi connectivity index (χ3n) is 6.22. The molecule has 0 aliphatic rings. The van der Waals surface area contributed by atoms with Gasteiger partial charge >= 0.3 is 8.80 Å². The molecule has 5 heteroatoms. The number of allylic oxidation sites excluding steroid dienone is 2. The molecule has 0 spiro atoms. The van der Waals surface area contributed by atoms with E-state index in [1.54, 1.807) is 21.3 Å². The molecule has 0 bridgehead atoms. The fourth-order valence-electron chi connectivity index (χ4n) is 4.41. The Hall–Kier alpha value is -0.203. The lowest BCUT2D eigenvalue weighted by molar-refractivity contribution is 0.122. The zero-order chi connectivity index (χ0) is 23.4. The highest BCUT2D eigenvalue weighted by Crippen LogP contribution is 2.27. The average molecular weight is 458 g/mol. The lowest BCUT2D eigenvalue weighted by Crippen LogP contribution is -2.42. The summed E-state index contributed by atoms with van der Waals surface area (Å²) >= 11 is 0. The van der Waals surface area contributed by atoms with Crippen molar-refractivity contribution < 1.29 is 13.3 Å². The summed E-state index contributed by atoms with van der Waals surface area (Å²) in [5, 5.41) is 0. The maximum atomic E-state index is 6.34. The van der Waals surface area contributed by atoms with Crippen molar-refractivity contribution in [1.82, 2.24) is 0 Å². The molecule has 1 atom stereocenters. The minimum absolute atomic E-state index is 0.109. The third-order valence-corrected chi connectivity index (χ3v) is 9.05. The quantitative estimate of drug-likeness (QED) is 0.103. The molecular weight excluding hydrogens is 402 g/mol. The van der Waals surface area contributed by atoms with Crippen LogP contribution < -0.4 is 5.73 Å². The number of hydrogen-bond acceptors (Lipinski definition) is 4. The normalized spacial score (nSPS) is 13.9. The summed E-state index contributed by atoms with van der Waals surface area (Å²) in [4.78, 5) is 0. The van der Waals surface area contributed by atoms with Crippen molar-refractivity contribution in [2.45, 2.75) is 129 Å². The van der Waals surface area contributed by atoms with Crippen LogP contribution in [-0.2, 0) is 13.3 Å². The molecule has 0 aliphatic carbocycles. The van der Waals surface area contributed by atoms with Crippen LogP contribution in [0.2, 0.25) is 6.04 Å². The summed E-state index contributed by atoms with van der Waals surface area (Å²) < 4.78 is 16.7. The fraction of sp³-hybridized carbons (Fsp3) is 0.923. The maximum absolute atomic E-state index is 6.34. The lowest BCUT2D eigenvalue weighted by atomic mass is 9.85. The Morgan fingerprint density at radius 1 is 0.742 bits per heavy atom. The minimum atomic E-state index is -2.45. The van der Waals surface area contributed by atoms with Gasteiger partial charge in [-0.25, -0.2) is 0 Å². The van der Waals surface area contributed by atoms with E-state index in [0.29, 0.717) is 5.92 Å². The monoisotopic (exact) mass is 457 g/mol. The van der Waals surface area contributed by atoms with Gasteiger partial charge in [-0.2, -0.15) is 0 Å². The SMILES string of the molecule is CCCCCCCC/C=C\CCCCCC(CCC[Si](OC)(OC)OC)CC(C)(C)N. The van der Waals surface area contributed by atoms with E-state index >= 15 is 0 Å². The molecule has 1 unspecified atom stereocenters. The highest BCUT2D eigenvalue weighted by Gasteiger charge is 2.37. The van der Waals surface area contributed by atoms with Crippen LogP contribution >= 0.6 is 0 Å². The molecule has 0 aromatic heterocycles. The van der Waals surface area contributed by atoms with Crippen LogP contribution in [0.25, 0.3) is 0 Å². The van der Waals surface area contributed by atoms with Crippen molar-refractivity contribution in [3.05, 3.63) is 12.2 Å². The second-order valence-electron chi connectivity index (χ2n) is 9.91. The van der Waals surface area contributed by atoms with E-state index in [4.69, 9.17) is 19.0 Å². The summed E-state index contributed by atoms with van der Waals surface area (Å²) in [5.41, 5.74) is 6.23. The van der Waals surface area contributed by atoms with Gasteiger partial charge in [0.05, 0.1) is 0 Å². The van der Waals surface area contributed by atoms with Crippen molar-refractivity contribution in [3.63, 3.8) is 0 Å². The zero-order valence-corrected chi connectivity index (χ0v) is 22.8. The van der Waals surface area contributed by atoms with E-state index in [0.717, 1.165) is 18.9 Å². The second kappa shape index (κ2) is 19.3. The average Bonchev–Trinajstić information content (AvgIpc) is 2.73. The van der Waals surface area contributed by atoms with Crippen LogP contribution in [0.5, 0.6) is 0 Å². The van der Waals surface area contributed by atoms with Gasteiger partial charge in [-0.3, -0.25) is 0 Å². The molecule has 0 aromatic carbocycles. The summed E-state index contributed by atoms with van der Waals surface area (Å²) in [6.07, 6.45) is 24.1. The van der Waals surface area contributed by atoms with Crippen LogP contribution in [-0.4, -0.2) is 35.7 Å². The van der Waals surface area contributed by atoms with Gasteiger partial charge in [-0.05, 0) is 58.3 Å². The van der Waals surface area contributed by atoms with E-state index < -0.39 is 8.80 Å². The largest absolute Gasteiger partial charge is 0.500 e. The molecular formula is C26H55NO3Si. The van der Waals surface area contributed by atoms with Crippen LogP contribution in [0, 0.1) is 5.92 Å². The number of unbranched alkanes of at least 4 members (excludes halogenated alkanes) is 9. The molecule has 0 amide bonds. The molecule has 0 aromatic rings. The first-order chi connectivity index (χ1) is 14.8. The molecule has 0 aliphatic heterocycles. The first-order valence-electron chi connectivity index (χ1n) is 12.9. The fourth-order valence-corrected chi connectivity index (χ4v) is 6.16. The molecule has 0 rings (SSSR count). The van der Waals surface area contributed by atoms with Crippen molar-refractivity contribution >= 4 is 8.80 Å². The van der Waals surface area contributed by atoms with Gasteiger partial charge in [0.25, 0.3) is 0 Å². The smallest absolute Gasteiger partial charge is 0.377 e. The second-order valence-corrected chi connectivity index (χ2v) is 13.0. The maximum Gasteiger partial charge on any atom is 0.500 e. The first-order valence-corrected chi connectivity index (χ1v) is 14.8. The van der Waals surface area contributed by atoms with Gasteiger partial charge in [-0.15, -0.1) is 0 Å². The van der Waals surface area contributed by atoms with E-state index in [1.165, 1.54) is 83.5 Å². The minimum Gasteiger partial charge on any atom is -0.377 e. The summed E-state index contributed by atoms with van der Waals surface area (Å²) in [6.45, 7) is 6.57. The number of nitrogens with two attached hydrogens (primary N) is 1. The Bertz CT molecular complexity index is 411. The molecule has 186 valence electrons.